The van der Waals surface area contributed by atoms with Crippen LogP contribution in [0.2, 0.25) is 0 Å². The molecule has 0 saturated heterocycles. The van der Waals surface area contributed by atoms with E-state index in [1.165, 1.54) is 24.1 Å². The Morgan fingerprint density at radius 3 is 2.37 bits per heavy atom. The molecule has 0 spiro atoms. The monoisotopic (exact) mass is 397 g/mol. The second-order valence-corrected chi connectivity index (χ2v) is 8.72. The molecule has 3 rings (SSSR count). The lowest BCUT2D eigenvalue weighted by Gasteiger charge is -2.32. The summed E-state index contributed by atoms with van der Waals surface area (Å²) in [5, 5.41) is 3.84. The van der Waals surface area contributed by atoms with Gasteiger partial charge in [0.05, 0.1) is 16.6 Å². The molecule has 1 heterocycles. The molecule has 1 aromatic carbocycles. The van der Waals surface area contributed by atoms with Crippen molar-refractivity contribution >= 4 is 22.9 Å². The fraction of sp³-hybridized carbons (Fsp3) is 0.474. The highest BCUT2D eigenvalue weighted by molar-refractivity contribution is 8.12. The zero-order valence-electron chi connectivity index (χ0n) is 15.4. The van der Waals surface area contributed by atoms with Crippen molar-refractivity contribution in [3.63, 3.8) is 0 Å². The van der Waals surface area contributed by atoms with Crippen molar-refractivity contribution in [2.45, 2.75) is 45.8 Å². The van der Waals surface area contributed by atoms with Crippen LogP contribution in [0.4, 0.5) is 13.2 Å². The Kier molecular flexibility index (Phi) is 5.29. The van der Waals surface area contributed by atoms with Gasteiger partial charge in [-0.05, 0) is 36.0 Å². The number of nitrogens with zero attached hydrogens (tertiary/aromatic N) is 1. The molecule has 1 aliphatic carbocycles. The number of aliphatic imine (C=N–C) groups is 1. The molecule has 146 valence electrons. The topological polar surface area (TPSA) is 53.5 Å². The number of hydrogen-bond acceptors (Lipinski definition) is 4. The highest BCUT2D eigenvalue weighted by Crippen LogP contribution is 2.37. The van der Waals surface area contributed by atoms with E-state index in [2.05, 4.69) is 15.0 Å². The van der Waals surface area contributed by atoms with E-state index in [-0.39, 0.29) is 11.6 Å². The predicted octanol–water partition coefficient (Wildman–Crippen LogP) is 4.81. The van der Waals surface area contributed by atoms with Crippen molar-refractivity contribution in [1.82, 2.24) is 10.0 Å². The maximum atomic E-state index is 12.8. The lowest BCUT2D eigenvalue weighted by Crippen LogP contribution is -2.38. The molecule has 1 atom stereocenters. The molecule has 1 fully saturated rings. The normalized spacial score (nSPS) is 18.9. The predicted molar refractivity (Wildman–Crippen MR) is 101 cm³/mol. The molecule has 4 nitrogen and oxygen atoms in total. The molecule has 0 aromatic heterocycles. The number of rotatable bonds is 4. The van der Waals surface area contributed by atoms with Crippen LogP contribution >= 0.6 is 11.9 Å². The van der Waals surface area contributed by atoms with E-state index in [0.717, 1.165) is 30.0 Å². The zero-order chi connectivity index (χ0) is 19.8. The van der Waals surface area contributed by atoms with Gasteiger partial charge in [0.1, 0.15) is 5.70 Å². The highest BCUT2D eigenvalue weighted by atomic mass is 32.2. The first-order valence-electron chi connectivity index (χ1n) is 8.75. The molecule has 1 aromatic rings. The van der Waals surface area contributed by atoms with E-state index in [4.69, 9.17) is 0 Å². The van der Waals surface area contributed by atoms with Crippen LogP contribution in [0.1, 0.15) is 50.8 Å². The summed E-state index contributed by atoms with van der Waals surface area (Å²) in [4.78, 5) is 17.2. The summed E-state index contributed by atoms with van der Waals surface area (Å²) in [5.74, 6) is 0.0769. The van der Waals surface area contributed by atoms with Crippen molar-refractivity contribution < 1.29 is 18.0 Å². The van der Waals surface area contributed by atoms with Crippen LogP contribution in [0.3, 0.4) is 0 Å². The minimum atomic E-state index is -4.39. The molecule has 27 heavy (non-hydrogen) atoms. The molecule has 2 N–H and O–H groups in total. The van der Waals surface area contributed by atoms with Crippen LogP contribution in [0, 0.1) is 11.3 Å². The maximum absolute atomic E-state index is 12.8. The number of carbonyl (C=O) groups excluding carboxylic acids is 1. The average molecular weight is 397 g/mol. The SMILES string of the molecule is CC(C)(C)[C@@H](NC(=O)C1=CNSC(C2CC2)=N1)c1ccc(C(F)(F)F)cc1. The standard InChI is InChI=1S/C19H22F3N3OS/c1-18(2,3)15(11-6-8-13(9-7-11)19(20,21)22)25-16(26)14-10-23-27-17(24-14)12-4-5-12/h6-10,12,15,23H,4-5H2,1-3H3,(H,25,26)/t15-/m0/s1. The van der Waals surface area contributed by atoms with Gasteiger partial charge in [0.15, 0.2) is 0 Å². The molecule has 8 heteroatoms. The Morgan fingerprint density at radius 2 is 1.85 bits per heavy atom. The Morgan fingerprint density at radius 1 is 1.22 bits per heavy atom. The second-order valence-electron chi connectivity index (χ2n) is 7.87. The average Bonchev–Trinajstić information content (AvgIpc) is 3.43. The minimum absolute atomic E-state index is 0.289. The number of halogens is 3. The van der Waals surface area contributed by atoms with Gasteiger partial charge in [-0.1, -0.05) is 32.9 Å². The number of carbonyl (C=O) groups is 1. The van der Waals surface area contributed by atoms with Crippen molar-refractivity contribution in [2.75, 3.05) is 0 Å². The van der Waals surface area contributed by atoms with Crippen LogP contribution in [0.5, 0.6) is 0 Å². The van der Waals surface area contributed by atoms with E-state index in [1.807, 2.05) is 20.8 Å². The van der Waals surface area contributed by atoms with Gasteiger partial charge in [0, 0.05) is 24.1 Å². The quantitative estimate of drug-likeness (QED) is 0.717. The number of benzene rings is 1. The lowest BCUT2D eigenvalue weighted by molar-refractivity contribution is -0.137. The van der Waals surface area contributed by atoms with Gasteiger partial charge in [0.25, 0.3) is 5.91 Å². The van der Waals surface area contributed by atoms with Gasteiger partial charge in [-0.15, -0.1) is 0 Å². The Bertz CT molecular complexity index is 775. The summed E-state index contributed by atoms with van der Waals surface area (Å²) < 4.78 is 41.4. The van der Waals surface area contributed by atoms with Crippen LogP contribution in [-0.4, -0.2) is 11.0 Å². The van der Waals surface area contributed by atoms with Crippen molar-refractivity contribution in [3.8, 4) is 0 Å². The molecule has 1 aliphatic heterocycles. The molecule has 1 amide bonds. The first-order chi connectivity index (χ1) is 12.6. The molecular weight excluding hydrogens is 375 g/mol. The van der Waals surface area contributed by atoms with E-state index in [9.17, 15) is 18.0 Å². The second kappa shape index (κ2) is 7.22. The first-order valence-corrected chi connectivity index (χ1v) is 9.56. The number of nitrogens with one attached hydrogen (secondary N) is 2. The van der Waals surface area contributed by atoms with Gasteiger partial charge >= 0.3 is 6.18 Å². The summed E-state index contributed by atoms with van der Waals surface area (Å²) >= 11 is 1.42. The Hall–Kier alpha value is -1.96. The molecule has 1 saturated carbocycles. The van der Waals surface area contributed by atoms with Gasteiger partial charge in [-0.25, -0.2) is 4.99 Å². The van der Waals surface area contributed by atoms with Crippen LogP contribution < -0.4 is 10.0 Å². The molecule has 0 unspecified atom stereocenters. The van der Waals surface area contributed by atoms with Crippen molar-refractivity contribution in [1.29, 1.82) is 0 Å². The van der Waals surface area contributed by atoms with E-state index >= 15 is 0 Å². The van der Waals surface area contributed by atoms with Crippen molar-refractivity contribution in [3.05, 3.63) is 47.3 Å². The summed E-state index contributed by atoms with van der Waals surface area (Å²) in [6, 6.07) is 4.47. The smallest absolute Gasteiger partial charge is 0.343 e. The molecule has 2 aliphatic rings. The lowest BCUT2D eigenvalue weighted by atomic mass is 9.82. The Labute approximate surface area is 160 Å². The third-order valence-corrected chi connectivity index (χ3v) is 5.33. The number of amides is 1. The highest BCUT2D eigenvalue weighted by Gasteiger charge is 2.34. The third kappa shape index (κ3) is 4.86. The minimum Gasteiger partial charge on any atom is -0.343 e. The van der Waals surface area contributed by atoms with Gasteiger partial charge < -0.3 is 10.0 Å². The fourth-order valence-electron chi connectivity index (χ4n) is 2.81. The number of alkyl halides is 3. The van der Waals surface area contributed by atoms with Crippen LogP contribution in [-0.2, 0) is 11.0 Å². The summed E-state index contributed by atoms with van der Waals surface area (Å²) in [6.07, 6.45) is -0.668. The summed E-state index contributed by atoms with van der Waals surface area (Å²) in [5.41, 5.74) is -0.193. The molecule has 0 bridgehead atoms. The van der Waals surface area contributed by atoms with Gasteiger partial charge in [-0.3, -0.25) is 4.79 Å². The van der Waals surface area contributed by atoms with Gasteiger partial charge in [-0.2, -0.15) is 13.2 Å². The fourth-order valence-corrected chi connectivity index (χ4v) is 3.65. The van der Waals surface area contributed by atoms with Crippen molar-refractivity contribution in [2.24, 2.45) is 16.3 Å². The van der Waals surface area contributed by atoms with Crippen LogP contribution in [0.15, 0.2) is 41.2 Å². The summed E-state index contributed by atoms with van der Waals surface area (Å²) in [6.45, 7) is 5.79. The van der Waals surface area contributed by atoms with E-state index < -0.39 is 23.2 Å². The maximum Gasteiger partial charge on any atom is 0.416 e. The van der Waals surface area contributed by atoms with E-state index in [0.29, 0.717) is 11.5 Å². The molecular formula is C19H22F3N3OS. The summed E-state index contributed by atoms with van der Waals surface area (Å²) in [7, 11) is 0. The Balaban J connectivity index is 1.79. The van der Waals surface area contributed by atoms with E-state index in [1.54, 1.807) is 6.20 Å². The zero-order valence-corrected chi connectivity index (χ0v) is 16.2. The van der Waals surface area contributed by atoms with Gasteiger partial charge in [0.2, 0.25) is 0 Å². The number of hydrogen-bond donors (Lipinski definition) is 2. The third-order valence-electron chi connectivity index (χ3n) is 4.46. The first kappa shape index (κ1) is 19.8. The largest absolute Gasteiger partial charge is 0.416 e. The van der Waals surface area contributed by atoms with Crippen LogP contribution in [0.25, 0.3) is 0 Å². The molecule has 0 radical (unpaired) electrons.